The molecule has 0 aliphatic carbocycles. The molecule has 2 fully saturated rings. The highest BCUT2D eigenvalue weighted by atomic mass is 16.8. The Morgan fingerprint density at radius 2 is 2.00 bits per heavy atom. The van der Waals surface area contributed by atoms with Gasteiger partial charge in [0, 0.05) is 19.4 Å². The summed E-state index contributed by atoms with van der Waals surface area (Å²) in [6.45, 7) is 4.50. The molecule has 2 aliphatic heterocycles. The van der Waals surface area contributed by atoms with Crippen LogP contribution >= 0.6 is 0 Å². The first-order valence-corrected chi connectivity index (χ1v) is 8.29. The van der Waals surface area contributed by atoms with Crippen LogP contribution < -0.4 is 0 Å². The molecule has 4 nitrogen and oxygen atoms in total. The first-order chi connectivity index (χ1) is 10.8. The van der Waals surface area contributed by atoms with Gasteiger partial charge in [0.05, 0.1) is 18.8 Å². The van der Waals surface area contributed by atoms with E-state index in [1.165, 1.54) is 5.56 Å². The van der Waals surface area contributed by atoms with Crippen LogP contribution in [0.15, 0.2) is 30.3 Å². The average Bonchev–Trinajstić information content (AvgIpc) is 2.75. The highest BCUT2D eigenvalue weighted by Gasteiger charge is 2.49. The van der Waals surface area contributed by atoms with Crippen LogP contribution in [0.5, 0.6) is 0 Å². The number of hydrogen-bond donors (Lipinski definition) is 0. The van der Waals surface area contributed by atoms with Crippen molar-refractivity contribution in [2.45, 2.75) is 57.0 Å². The number of ether oxygens (including phenoxy) is 4. The average molecular weight is 306 g/mol. The van der Waals surface area contributed by atoms with Crippen LogP contribution in [-0.4, -0.2) is 31.4 Å². The van der Waals surface area contributed by atoms with Crippen molar-refractivity contribution in [3.8, 4) is 0 Å². The summed E-state index contributed by atoms with van der Waals surface area (Å²) >= 11 is 0. The van der Waals surface area contributed by atoms with Crippen molar-refractivity contribution in [3.63, 3.8) is 0 Å². The van der Waals surface area contributed by atoms with E-state index in [4.69, 9.17) is 18.9 Å². The van der Waals surface area contributed by atoms with Crippen LogP contribution in [0.1, 0.15) is 44.6 Å². The molecule has 0 bridgehead atoms. The van der Waals surface area contributed by atoms with Gasteiger partial charge in [-0.1, -0.05) is 37.3 Å². The van der Waals surface area contributed by atoms with Gasteiger partial charge in [-0.05, 0) is 24.8 Å². The molecule has 0 N–H and O–H groups in total. The molecular weight excluding hydrogens is 280 g/mol. The Balaban J connectivity index is 1.56. The van der Waals surface area contributed by atoms with E-state index >= 15 is 0 Å². The predicted octanol–water partition coefficient (Wildman–Crippen LogP) is 3.64. The van der Waals surface area contributed by atoms with Gasteiger partial charge in [0.2, 0.25) is 0 Å². The zero-order valence-corrected chi connectivity index (χ0v) is 13.4. The molecule has 4 heteroatoms. The molecule has 0 radical (unpaired) electrons. The lowest BCUT2D eigenvalue weighted by molar-refractivity contribution is -0.280. The fourth-order valence-electron chi connectivity index (χ4n) is 3.30. The maximum Gasteiger partial charge on any atom is 0.172 e. The second-order valence-corrected chi connectivity index (χ2v) is 6.30. The molecule has 2 heterocycles. The minimum Gasteiger partial charge on any atom is -0.374 e. The second-order valence-electron chi connectivity index (χ2n) is 6.30. The van der Waals surface area contributed by atoms with Crippen molar-refractivity contribution in [3.05, 3.63) is 35.9 Å². The summed E-state index contributed by atoms with van der Waals surface area (Å²) in [5.41, 5.74) is 0.972. The van der Waals surface area contributed by atoms with Crippen LogP contribution in [0.3, 0.4) is 0 Å². The maximum atomic E-state index is 6.42. The molecule has 0 amide bonds. The summed E-state index contributed by atoms with van der Waals surface area (Å²) < 4.78 is 23.6. The number of benzene rings is 1. The first kappa shape index (κ1) is 15.9. The lowest BCUT2D eigenvalue weighted by Gasteiger charge is -2.33. The summed E-state index contributed by atoms with van der Waals surface area (Å²) in [4.78, 5) is 0. The largest absolute Gasteiger partial charge is 0.374 e. The monoisotopic (exact) mass is 306 g/mol. The number of hydrogen-bond acceptors (Lipinski definition) is 4. The Morgan fingerprint density at radius 1 is 1.14 bits per heavy atom. The van der Waals surface area contributed by atoms with Gasteiger partial charge in [-0.25, -0.2) is 0 Å². The lowest BCUT2D eigenvalue weighted by atomic mass is 9.96. The molecule has 1 spiro atoms. The van der Waals surface area contributed by atoms with E-state index < -0.39 is 5.79 Å². The molecular formula is C18H26O4. The minimum atomic E-state index is -0.456. The van der Waals surface area contributed by atoms with Crippen molar-refractivity contribution in [1.82, 2.24) is 0 Å². The highest BCUT2D eigenvalue weighted by Crippen LogP contribution is 2.44. The van der Waals surface area contributed by atoms with E-state index in [-0.39, 0.29) is 5.60 Å². The van der Waals surface area contributed by atoms with Gasteiger partial charge in [-0.3, -0.25) is 0 Å². The smallest absolute Gasteiger partial charge is 0.172 e. The van der Waals surface area contributed by atoms with Crippen molar-refractivity contribution in [1.29, 1.82) is 0 Å². The molecule has 0 saturated carbocycles. The Hall–Kier alpha value is -0.940. The quantitative estimate of drug-likeness (QED) is 0.832. The Labute approximate surface area is 132 Å². The molecule has 2 saturated heterocycles. The summed E-state index contributed by atoms with van der Waals surface area (Å²) in [5.74, 6) is -0.456. The standard InChI is InChI=1S/C18H26O4/c1-2-17(14-20-13-16-7-4-3-5-8-16)10-11-18(22-17)9-6-12-19-15-21-18/h3-5,7-8H,2,6,9-15H2,1H3. The van der Waals surface area contributed by atoms with E-state index in [1.54, 1.807) is 0 Å². The molecule has 2 atom stereocenters. The Bertz CT molecular complexity index is 453. The topological polar surface area (TPSA) is 36.9 Å². The Morgan fingerprint density at radius 3 is 2.82 bits per heavy atom. The van der Waals surface area contributed by atoms with Crippen LogP contribution in [0.4, 0.5) is 0 Å². The van der Waals surface area contributed by atoms with Gasteiger partial charge in [0.15, 0.2) is 5.79 Å². The van der Waals surface area contributed by atoms with Gasteiger partial charge in [-0.2, -0.15) is 0 Å². The van der Waals surface area contributed by atoms with Gasteiger partial charge < -0.3 is 18.9 Å². The van der Waals surface area contributed by atoms with E-state index in [0.717, 1.165) is 38.7 Å². The molecule has 0 aromatic heterocycles. The van der Waals surface area contributed by atoms with Crippen molar-refractivity contribution in [2.75, 3.05) is 20.0 Å². The van der Waals surface area contributed by atoms with E-state index in [2.05, 4.69) is 19.1 Å². The minimum absolute atomic E-state index is 0.223. The lowest BCUT2D eigenvalue weighted by Crippen LogP contribution is -2.40. The third-order valence-corrected chi connectivity index (χ3v) is 4.74. The molecule has 22 heavy (non-hydrogen) atoms. The van der Waals surface area contributed by atoms with Crippen molar-refractivity contribution >= 4 is 0 Å². The SMILES string of the molecule is CCC1(COCc2ccccc2)CCC2(CCCOCO2)O1. The number of rotatable bonds is 5. The van der Waals surface area contributed by atoms with E-state index in [1.807, 2.05) is 18.2 Å². The fourth-order valence-corrected chi connectivity index (χ4v) is 3.30. The van der Waals surface area contributed by atoms with Gasteiger partial charge >= 0.3 is 0 Å². The van der Waals surface area contributed by atoms with E-state index in [0.29, 0.717) is 20.0 Å². The normalized spacial score (nSPS) is 32.2. The maximum absolute atomic E-state index is 6.42. The first-order valence-electron chi connectivity index (χ1n) is 8.29. The molecule has 2 aliphatic rings. The zero-order chi connectivity index (χ0) is 15.3. The van der Waals surface area contributed by atoms with Crippen LogP contribution in [0.2, 0.25) is 0 Å². The Kier molecular flexibility index (Phi) is 5.14. The van der Waals surface area contributed by atoms with Crippen molar-refractivity contribution < 1.29 is 18.9 Å². The zero-order valence-electron chi connectivity index (χ0n) is 13.4. The highest BCUT2D eigenvalue weighted by molar-refractivity contribution is 5.13. The summed E-state index contributed by atoms with van der Waals surface area (Å²) in [6.07, 6.45) is 4.75. The summed E-state index contributed by atoms with van der Waals surface area (Å²) in [7, 11) is 0. The summed E-state index contributed by atoms with van der Waals surface area (Å²) in [6, 6.07) is 10.3. The molecule has 3 rings (SSSR count). The molecule has 1 aromatic carbocycles. The second kappa shape index (κ2) is 7.09. The van der Waals surface area contributed by atoms with Gasteiger partial charge in [0.1, 0.15) is 6.79 Å². The fraction of sp³-hybridized carbons (Fsp3) is 0.667. The predicted molar refractivity (Wildman–Crippen MR) is 83.3 cm³/mol. The molecule has 2 unspecified atom stereocenters. The summed E-state index contributed by atoms with van der Waals surface area (Å²) in [5, 5.41) is 0. The molecule has 1 aromatic rings. The van der Waals surface area contributed by atoms with Crippen LogP contribution in [-0.2, 0) is 25.6 Å². The van der Waals surface area contributed by atoms with Gasteiger partial charge in [0.25, 0.3) is 0 Å². The van der Waals surface area contributed by atoms with Crippen molar-refractivity contribution in [2.24, 2.45) is 0 Å². The third kappa shape index (κ3) is 3.69. The third-order valence-electron chi connectivity index (χ3n) is 4.74. The van der Waals surface area contributed by atoms with Crippen LogP contribution in [0, 0.1) is 0 Å². The van der Waals surface area contributed by atoms with Crippen LogP contribution in [0.25, 0.3) is 0 Å². The molecule has 122 valence electrons. The van der Waals surface area contributed by atoms with Gasteiger partial charge in [-0.15, -0.1) is 0 Å². The van der Waals surface area contributed by atoms with E-state index in [9.17, 15) is 0 Å².